The summed E-state index contributed by atoms with van der Waals surface area (Å²) in [5.41, 5.74) is 7.39. The van der Waals surface area contributed by atoms with Crippen LogP contribution in [0.1, 0.15) is 10.4 Å². The van der Waals surface area contributed by atoms with Crippen molar-refractivity contribution in [2.24, 2.45) is 0 Å². The van der Waals surface area contributed by atoms with Crippen molar-refractivity contribution in [2.75, 3.05) is 24.8 Å². The fourth-order valence-electron chi connectivity index (χ4n) is 1.94. The van der Waals surface area contributed by atoms with Gasteiger partial charge >= 0.3 is 0 Å². The number of halogens is 2. The number of carbonyl (C=O) groups excluding carboxylic acids is 1. The van der Waals surface area contributed by atoms with E-state index in [0.29, 0.717) is 27.7 Å². The van der Waals surface area contributed by atoms with Crippen molar-refractivity contribution in [3.05, 3.63) is 51.5 Å². The average Bonchev–Trinajstić information content (AvgIpc) is 2.48. The molecule has 0 spiro atoms. The molecule has 1 amide bonds. The molecule has 0 saturated carbocycles. The van der Waals surface area contributed by atoms with E-state index in [2.05, 4.69) is 15.9 Å². The SMILES string of the molecule is COc1cc(Br)ccc1C(=O)N(C)c1cc(Cl)ccc1N. The lowest BCUT2D eigenvalue weighted by Gasteiger charge is -2.20. The number of benzene rings is 2. The molecule has 0 atom stereocenters. The lowest BCUT2D eigenvalue weighted by atomic mass is 10.1. The van der Waals surface area contributed by atoms with Crippen LogP contribution in [0.5, 0.6) is 5.75 Å². The van der Waals surface area contributed by atoms with Gasteiger partial charge in [-0.15, -0.1) is 0 Å². The fraction of sp³-hybridized carbons (Fsp3) is 0.133. The summed E-state index contributed by atoms with van der Waals surface area (Å²) < 4.78 is 6.09. The van der Waals surface area contributed by atoms with Gasteiger partial charge in [0, 0.05) is 16.5 Å². The zero-order chi connectivity index (χ0) is 15.6. The summed E-state index contributed by atoms with van der Waals surface area (Å²) >= 11 is 9.31. The number of nitrogens with two attached hydrogens (primary N) is 1. The number of anilines is 2. The van der Waals surface area contributed by atoms with Gasteiger partial charge in [0.05, 0.1) is 24.0 Å². The van der Waals surface area contributed by atoms with E-state index in [1.807, 2.05) is 0 Å². The molecule has 2 aromatic carbocycles. The Kier molecular flexibility index (Phi) is 4.75. The normalized spacial score (nSPS) is 10.3. The van der Waals surface area contributed by atoms with Crippen molar-refractivity contribution in [1.29, 1.82) is 0 Å². The smallest absolute Gasteiger partial charge is 0.261 e. The molecule has 0 aromatic heterocycles. The molecule has 4 nitrogen and oxygen atoms in total. The summed E-state index contributed by atoms with van der Waals surface area (Å²) in [6.07, 6.45) is 0. The Morgan fingerprint density at radius 1 is 1.29 bits per heavy atom. The van der Waals surface area contributed by atoms with E-state index < -0.39 is 0 Å². The second-order valence-electron chi connectivity index (χ2n) is 4.41. The largest absolute Gasteiger partial charge is 0.496 e. The molecule has 0 aliphatic rings. The predicted molar refractivity (Wildman–Crippen MR) is 89.3 cm³/mol. The van der Waals surface area contributed by atoms with E-state index >= 15 is 0 Å². The summed E-state index contributed by atoms with van der Waals surface area (Å²) in [5, 5.41) is 0.515. The summed E-state index contributed by atoms with van der Waals surface area (Å²) in [7, 11) is 3.16. The van der Waals surface area contributed by atoms with E-state index in [9.17, 15) is 4.79 Å². The van der Waals surface area contributed by atoms with Crippen LogP contribution < -0.4 is 15.4 Å². The van der Waals surface area contributed by atoms with E-state index in [-0.39, 0.29) is 5.91 Å². The van der Waals surface area contributed by atoms with Gasteiger partial charge < -0.3 is 15.4 Å². The first kappa shape index (κ1) is 15.7. The van der Waals surface area contributed by atoms with E-state index in [1.165, 1.54) is 12.0 Å². The molecule has 110 valence electrons. The Labute approximate surface area is 136 Å². The highest BCUT2D eigenvalue weighted by atomic mass is 79.9. The van der Waals surface area contributed by atoms with Crippen molar-refractivity contribution in [1.82, 2.24) is 0 Å². The van der Waals surface area contributed by atoms with Gasteiger partial charge in [0.25, 0.3) is 5.91 Å². The van der Waals surface area contributed by atoms with Crippen LogP contribution >= 0.6 is 27.5 Å². The summed E-state index contributed by atoms with van der Waals surface area (Å²) in [6, 6.07) is 10.2. The van der Waals surface area contributed by atoms with Crippen LogP contribution in [0.15, 0.2) is 40.9 Å². The maximum absolute atomic E-state index is 12.6. The number of hydrogen-bond donors (Lipinski definition) is 1. The minimum Gasteiger partial charge on any atom is -0.496 e. The number of amides is 1. The Morgan fingerprint density at radius 3 is 2.67 bits per heavy atom. The number of ether oxygens (including phenoxy) is 1. The molecule has 0 radical (unpaired) electrons. The van der Waals surface area contributed by atoms with Crippen molar-refractivity contribution >= 4 is 44.8 Å². The Balaban J connectivity index is 2.42. The third-order valence-electron chi connectivity index (χ3n) is 3.05. The zero-order valence-corrected chi connectivity index (χ0v) is 13.9. The van der Waals surface area contributed by atoms with Crippen LogP contribution in [0, 0.1) is 0 Å². The molecule has 6 heteroatoms. The van der Waals surface area contributed by atoms with Gasteiger partial charge in [0.1, 0.15) is 5.75 Å². The van der Waals surface area contributed by atoms with Crippen molar-refractivity contribution in [3.63, 3.8) is 0 Å². The minimum atomic E-state index is -0.228. The first-order valence-corrected chi connectivity index (χ1v) is 7.27. The van der Waals surface area contributed by atoms with Crippen molar-refractivity contribution in [3.8, 4) is 5.75 Å². The van der Waals surface area contributed by atoms with E-state index in [4.69, 9.17) is 22.1 Å². The van der Waals surface area contributed by atoms with Gasteiger partial charge in [-0.25, -0.2) is 0 Å². The quantitative estimate of drug-likeness (QED) is 0.833. The summed E-state index contributed by atoms with van der Waals surface area (Å²) in [6.45, 7) is 0. The average molecular weight is 370 g/mol. The number of nitrogens with zero attached hydrogens (tertiary/aromatic N) is 1. The van der Waals surface area contributed by atoms with Gasteiger partial charge in [-0.05, 0) is 36.4 Å². The van der Waals surface area contributed by atoms with Crippen LogP contribution in [-0.4, -0.2) is 20.1 Å². The molecule has 0 aliphatic heterocycles. The molecular weight excluding hydrogens is 356 g/mol. The fourth-order valence-corrected chi connectivity index (χ4v) is 2.45. The molecule has 0 heterocycles. The Morgan fingerprint density at radius 2 is 2.00 bits per heavy atom. The highest BCUT2D eigenvalue weighted by Crippen LogP contribution is 2.30. The van der Waals surface area contributed by atoms with Gasteiger partial charge in [-0.1, -0.05) is 27.5 Å². The van der Waals surface area contributed by atoms with E-state index in [0.717, 1.165) is 4.47 Å². The standard InChI is InChI=1S/C15H14BrClN2O2/c1-19(13-8-10(17)4-6-12(13)18)15(20)11-5-3-9(16)7-14(11)21-2/h3-8H,18H2,1-2H3. The molecule has 0 bridgehead atoms. The first-order chi connectivity index (χ1) is 9.93. The Hall–Kier alpha value is -1.72. The molecule has 2 N–H and O–H groups in total. The predicted octanol–water partition coefficient (Wildman–Crippen LogP) is 3.97. The lowest BCUT2D eigenvalue weighted by molar-refractivity contribution is 0.0990. The maximum Gasteiger partial charge on any atom is 0.261 e. The number of nitrogen functional groups attached to an aromatic ring is 1. The zero-order valence-electron chi connectivity index (χ0n) is 11.6. The second kappa shape index (κ2) is 6.37. The summed E-state index contributed by atoms with van der Waals surface area (Å²) in [5.74, 6) is 0.259. The molecule has 2 rings (SSSR count). The molecular formula is C15H14BrClN2O2. The number of methoxy groups -OCH3 is 1. The van der Waals surface area contributed by atoms with Crippen LogP contribution in [0.3, 0.4) is 0 Å². The third kappa shape index (κ3) is 3.31. The molecule has 21 heavy (non-hydrogen) atoms. The van der Waals surface area contributed by atoms with Gasteiger partial charge in [0.15, 0.2) is 0 Å². The lowest BCUT2D eigenvalue weighted by Crippen LogP contribution is -2.27. The van der Waals surface area contributed by atoms with Gasteiger partial charge in [0.2, 0.25) is 0 Å². The highest BCUT2D eigenvalue weighted by molar-refractivity contribution is 9.10. The monoisotopic (exact) mass is 368 g/mol. The van der Waals surface area contributed by atoms with Crippen LogP contribution in [0.25, 0.3) is 0 Å². The van der Waals surface area contributed by atoms with Crippen LogP contribution in [0.2, 0.25) is 5.02 Å². The number of hydrogen-bond acceptors (Lipinski definition) is 3. The van der Waals surface area contributed by atoms with Crippen LogP contribution in [0.4, 0.5) is 11.4 Å². The number of carbonyl (C=O) groups is 1. The molecule has 0 aliphatic carbocycles. The van der Waals surface area contributed by atoms with Crippen molar-refractivity contribution < 1.29 is 9.53 Å². The van der Waals surface area contributed by atoms with Crippen LogP contribution in [-0.2, 0) is 0 Å². The van der Waals surface area contributed by atoms with Gasteiger partial charge in [-0.3, -0.25) is 4.79 Å². The Bertz CT molecular complexity index is 691. The van der Waals surface area contributed by atoms with Crippen molar-refractivity contribution in [2.45, 2.75) is 0 Å². The van der Waals surface area contributed by atoms with E-state index in [1.54, 1.807) is 43.4 Å². The third-order valence-corrected chi connectivity index (χ3v) is 3.78. The molecule has 2 aromatic rings. The van der Waals surface area contributed by atoms with Gasteiger partial charge in [-0.2, -0.15) is 0 Å². The molecule has 0 saturated heterocycles. The topological polar surface area (TPSA) is 55.6 Å². The minimum absolute atomic E-state index is 0.228. The first-order valence-electron chi connectivity index (χ1n) is 6.10. The number of rotatable bonds is 3. The highest BCUT2D eigenvalue weighted by Gasteiger charge is 2.19. The molecule has 0 fully saturated rings. The second-order valence-corrected chi connectivity index (χ2v) is 5.76. The summed E-state index contributed by atoms with van der Waals surface area (Å²) in [4.78, 5) is 14.1. The molecule has 0 unspecified atom stereocenters. The maximum atomic E-state index is 12.6.